The van der Waals surface area contributed by atoms with Gasteiger partial charge in [-0.3, -0.25) is 0 Å². The predicted molar refractivity (Wildman–Crippen MR) is 257 cm³/mol. The third-order valence-electron chi connectivity index (χ3n) is 14.1. The predicted octanol–water partition coefficient (Wildman–Crippen LogP) is 2.68. The first-order valence-electron chi connectivity index (χ1n) is 25.2. The third kappa shape index (κ3) is 15.4. The molecule has 23 atom stereocenters. The van der Waals surface area contributed by atoms with Gasteiger partial charge in [-0.25, -0.2) is 4.79 Å². The Labute approximate surface area is 417 Å². The number of hydrogen-bond donors (Lipinski definition) is 8. The maximum absolute atomic E-state index is 11.7. The van der Waals surface area contributed by atoms with Gasteiger partial charge in [-0.2, -0.15) is 0 Å². The van der Waals surface area contributed by atoms with Gasteiger partial charge in [0.05, 0.1) is 55.9 Å². The fourth-order valence-corrected chi connectivity index (χ4v) is 9.78. The summed E-state index contributed by atoms with van der Waals surface area (Å²) in [5.74, 6) is -0.399. The Morgan fingerprint density at radius 1 is 0.486 bits per heavy atom. The van der Waals surface area contributed by atoms with E-state index in [-0.39, 0.29) is 65.7 Å². The van der Waals surface area contributed by atoms with E-state index in [4.69, 9.17) is 52.1 Å². The van der Waals surface area contributed by atoms with Crippen LogP contribution in [0.15, 0.2) is 0 Å². The Bertz CT molecular complexity index is 1530. The summed E-state index contributed by atoms with van der Waals surface area (Å²) in [6, 6.07) is 0. The smallest absolute Gasteiger partial charge is 0.407 e. The van der Waals surface area contributed by atoms with Crippen molar-refractivity contribution < 1.29 is 92.6 Å². The second-order valence-corrected chi connectivity index (χ2v) is 22.8. The zero-order valence-corrected chi connectivity index (χ0v) is 45.3. The maximum atomic E-state index is 11.7. The molecule has 5 aliphatic heterocycles. The van der Waals surface area contributed by atoms with Crippen LogP contribution in [-0.2, 0) is 52.1 Å². The molecule has 23 unspecified atom stereocenters. The highest BCUT2D eigenvalue weighted by Gasteiger charge is 2.54. The normalized spacial score (nSPS) is 42.9. The molecule has 0 aromatic heterocycles. The monoisotopic (exact) mass is 1010 g/mol. The lowest BCUT2D eigenvalue weighted by Crippen LogP contribution is -2.64. The lowest BCUT2D eigenvalue weighted by atomic mass is 9.79. The molecule has 20 heteroatoms. The van der Waals surface area contributed by atoms with Crippen LogP contribution >= 0.6 is 0 Å². The number of nitrogens with one attached hydrogen (secondary N) is 1. The van der Waals surface area contributed by atoms with Gasteiger partial charge in [0.2, 0.25) is 0 Å². The fraction of sp³-hybridized carbons (Fsp3) is 0.980. The lowest BCUT2D eigenvalue weighted by molar-refractivity contribution is -0.326. The highest BCUT2D eigenvalue weighted by Crippen LogP contribution is 2.40. The standard InChI is InChI=1S/C20H37NO8.C18H34O7.C12H24O4/c1-8-11-12(22)15(16(25-7)17(27-11)20(3,4)5)28-18-13(23)14(10(2)9-26-18)29-19(24)21-6;1-7-10-12(20)14(15(22-6)16(24-10)18(3,4)5)25-17-13(21)11(19)9(2)8-23-17;1-6-7-8(13)9(14)10(15-5)11(16-7)12(2,3)4/h10-18,22-23H,8-9H2,1-7H3,(H,21,24);9-17,19-21H,7-8H2,1-6H3;7-11,13-14H,6H2,1-5H3. The molecule has 5 fully saturated rings. The number of ether oxygens (including phenoxy) is 11. The molecule has 0 saturated carbocycles. The molecule has 414 valence electrons. The summed E-state index contributed by atoms with van der Waals surface area (Å²) >= 11 is 0. The highest BCUT2D eigenvalue weighted by molar-refractivity contribution is 5.67. The molecule has 5 aliphatic rings. The number of rotatable bonds is 11. The van der Waals surface area contributed by atoms with Crippen molar-refractivity contribution in [3.63, 3.8) is 0 Å². The van der Waals surface area contributed by atoms with Crippen molar-refractivity contribution in [3.05, 3.63) is 0 Å². The van der Waals surface area contributed by atoms with Crippen molar-refractivity contribution in [1.29, 1.82) is 0 Å². The second kappa shape index (κ2) is 26.9. The van der Waals surface area contributed by atoms with Crippen LogP contribution in [-0.4, -0.2) is 212 Å². The Balaban J connectivity index is 0.000000289. The minimum absolute atomic E-state index is 0.130. The van der Waals surface area contributed by atoms with Gasteiger partial charge >= 0.3 is 6.09 Å². The van der Waals surface area contributed by atoms with E-state index in [1.54, 1.807) is 21.1 Å². The van der Waals surface area contributed by atoms with Gasteiger partial charge in [-0.15, -0.1) is 0 Å². The molecule has 1 amide bonds. The first-order valence-corrected chi connectivity index (χ1v) is 25.2. The summed E-state index contributed by atoms with van der Waals surface area (Å²) in [6.45, 7) is 28.3. The van der Waals surface area contributed by atoms with Crippen LogP contribution in [0.25, 0.3) is 0 Å². The zero-order chi connectivity index (χ0) is 53.4. The number of carbonyl (C=O) groups is 1. The van der Waals surface area contributed by atoms with Gasteiger partial charge in [-0.05, 0) is 35.5 Å². The summed E-state index contributed by atoms with van der Waals surface area (Å²) in [5.41, 5.74) is -0.619. The number of hydrogen-bond acceptors (Lipinski definition) is 19. The first-order chi connectivity index (χ1) is 32.5. The van der Waals surface area contributed by atoms with E-state index in [2.05, 4.69) is 5.32 Å². The molecule has 20 nitrogen and oxygen atoms in total. The van der Waals surface area contributed by atoms with Crippen LogP contribution in [0.4, 0.5) is 4.79 Å². The Morgan fingerprint density at radius 3 is 1.20 bits per heavy atom. The highest BCUT2D eigenvalue weighted by atomic mass is 16.7. The molecule has 0 radical (unpaired) electrons. The minimum Gasteiger partial charge on any atom is -0.443 e. The Hall–Kier alpha value is -1.41. The lowest BCUT2D eigenvalue weighted by Gasteiger charge is -2.50. The van der Waals surface area contributed by atoms with Crippen LogP contribution < -0.4 is 5.32 Å². The van der Waals surface area contributed by atoms with Crippen molar-refractivity contribution in [2.24, 2.45) is 28.1 Å². The summed E-state index contributed by atoms with van der Waals surface area (Å²) in [7, 11) is 6.08. The third-order valence-corrected chi connectivity index (χ3v) is 14.1. The number of carbonyl (C=O) groups excluding carboxylic acids is 1. The molecule has 0 aromatic carbocycles. The fourth-order valence-electron chi connectivity index (χ4n) is 9.78. The molecule has 0 aromatic rings. The SMILES string of the molecule is CCC1OC(C(C)(C)C)C(OC)C(O)C1O.CCC1OC(C(C)(C)C)C(OC)C(OC2OCC(C)C(O)C2O)C1O.CCC1OC(C(C)(C)C)C(OC)C(OC2OCC(C)C(OC(=O)NC)C2O)C1O. The molecule has 0 spiro atoms. The summed E-state index contributed by atoms with van der Waals surface area (Å²) in [6.07, 6.45) is -13.6. The zero-order valence-electron chi connectivity index (χ0n) is 45.3. The largest absolute Gasteiger partial charge is 0.443 e. The van der Waals surface area contributed by atoms with E-state index < -0.39 is 110 Å². The van der Waals surface area contributed by atoms with Gasteiger partial charge in [0, 0.05) is 40.2 Å². The van der Waals surface area contributed by atoms with Gasteiger partial charge in [-0.1, -0.05) is 96.9 Å². The quantitative estimate of drug-likeness (QED) is 0.148. The van der Waals surface area contributed by atoms with Crippen LogP contribution in [0.2, 0.25) is 0 Å². The van der Waals surface area contributed by atoms with E-state index >= 15 is 0 Å². The first kappa shape index (κ1) is 62.9. The van der Waals surface area contributed by atoms with Crippen molar-refractivity contribution >= 4 is 6.09 Å². The van der Waals surface area contributed by atoms with Crippen LogP contribution in [0.5, 0.6) is 0 Å². The van der Waals surface area contributed by atoms with E-state index in [9.17, 15) is 40.5 Å². The van der Waals surface area contributed by atoms with E-state index in [0.29, 0.717) is 19.3 Å². The van der Waals surface area contributed by atoms with Crippen LogP contribution in [0, 0.1) is 28.1 Å². The van der Waals surface area contributed by atoms with Crippen molar-refractivity contribution in [2.45, 2.75) is 245 Å². The van der Waals surface area contributed by atoms with Crippen molar-refractivity contribution in [2.75, 3.05) is 41.6 Å². The molecule has 5 rings (SSSR count). The Morgan fingerprint density at radius 2 is 0.843 bits per heavy atom. The number of aliphatic hydroxyl groups is 7. The number of methoxy groups -OCH3 is 3. The van der Waals surface area contributed by atoms with E-state index in [0.717, 1.165) is 0 Å². The van der Waals surface area contributed by atoms with E-state index in [1.807, 2.05) is 90.0 Å². The molecular formula is C50H95NO19. The number of aliphatic hydroxyl groups excluding tert-OH is 7. The molecule has 0 aliphatic carbocycles. The van der Waals surface area contributed by atoms with Crippen LogP contribution in [0.1, 0.15) is 116 Å². The summed E-state index contributed by atoms with van der Waals surface area (Å²) in [4.78, 5) is 11.7. The molecule has 70 heavy (non-hydrogen) atoms. The summed E-state index contributed by atoms with van der Waals surface area (Å²) in [5, 5.41) is 75.0. The molecule has 0 bridgehead atoms. The second-order valence-electron chi connectivity index (χ2n) is 22.8. The average molecular weight is 1010 g/mol. The van der Waals surface area contributed by atoms with Gasteiger partial charge in [0.15, 0.2) is 12.6 Å². The molecule has 5 heterocycles. The van der Waals surface area contributed by atoms with Gasteiger partial charge in [0.25, 0.3) is 0 Å². The minimum atomic E-state index is -1.21. The van der Waals surface area contributed by atoms with Gasteiger partial charge < -0.3 is 93.2 Å². The molecule has 8 N–H and O–H groups in total. The molecular weight excluding hydrogens is 919 g/mol. The van der Waals surface area contributed by atoms with Crippen LogP contribution in [0.3, 0.4) is 0 Å². The average Bonchev–Trinajstić information content (AvgIpc) is 3.29. The Kier molecular flexibility index (Phi) is 24.1. The van der Waals surface area contributed by atoms with Crippen molar-refractivity contribution in [3.8, 4) is 0 Å². The van der Waals surface area contributed by atoms with Gasteiger partial charge in [0.1, 0.15) is 73.2 Å². The van der Waals surface area contributed by atoms with E-state index in [1.165, 1.54) is 14.2 Å². The summed E-state index contributed by atoms with van der Waals surface area (Å²) < 4.78 is 63.2. The number of amides is 1. The van der Waals surface area contributed by atoms with Crippen molar-refractivity contribution in [1.82, 2.24) is 5.32 Å². The number of alkyl carbamates (subject to hydrolysis) is 1. The topological polar surface area (TPSA) is 272 Å². The molecule has 5 saturated heterocycles. The maximum Gasteiger partial charge on any atom is 0.407 e.